The lowest BCUT2D eigenvalue weighted by molar-refractivity contribution is 0.101. The average molecular weight is 312 g/mol. The molecule has 0 radical (unpaired) electrons. The number of hydrogen-bond donors (Lipinski definition) is 0. The quantitative estimate of drug-likeness (QED) is 0.628. The number of carbonyl (C=O) groups is 1. The maximum Gasteiger partial charge on any atom is 0.229 e. The van der Waals surface area contributed by atoms with Crippen LogP contribution in [0.5, 0.6) is 0 Å². The van der Waals surface area contributed by atoms with Gasteiger partial charge in [0.15, 0.2) is 5.76 Å². The zero-order valence-electron chi connectivity index (χ0n) is 8.16. The van der Waals surface area contributed by atoms with Gasteiger partial charge < -0.3 is 4.42 Å². The second-order valence-corrected chi connectivity index (χ2v) is 4.32. The van der Waals surface area contributed by atoms with Crippen molar-refractivity contribution in [3.8, 4) is 0 Å². The van der Waals surface area contributed by atoms with Crippen molar-refractivity contribution in [2.45, 2.75) is 6.92 Å². The van der Waals surface area contributed by atoms with Crippen LogP contribution in [0.3, 0.4) is 0 Å². The molecule has 76 valence electrons. The molecule has 0 unspecified atom stereocenters. The summed E-state index contributed by atoms with van der Waals surface area (Å²) in [5.74, 6) is 0.326. The normalized spacial score (nSPS) is 10.3. The van der Waals surface area contributed by atoms with Gasteiger partial charge in [0, 0.05) is 9.13 Å². The molecule has 0 aliphatic rings. The Morgan fingerprint density at radius 3 is 2.73 bits per heavy atom. The minimum absolute atomic E-state index is 0.0619. The van der Waals surface area contributed by atoms with E-state index in [1.807, 2.05) is 25.1 Å². The van der Waals surface area contributed by atoms with Crippen molar-refractivity contribution >= 4 is 28.4 Å². The molecule has 1 aromatic carbocycles. The lowest BCUT2D eigenvalue weighted by Gasteiger charge is -2.03. The van der Waals surface area contributed by atoms with Gasteiger partial charge in [-0.3, -0.25) is 4.79 Å². The molecule has 0 amide bonds. The molecule has 15 heavy (non-hydrogen) atoms. The number of furan rings is 1. The minimum atomic E-state index is -0.0619. The Kier molecular flexibility index (Phi) is 2.90. The number of hydrogen-bond acceptors (Lipinski definition) is 2. The molecule has 0 aliphatic heterocycles. The first-order valence-electron chi connectivity index (χ1n) is 4.53. The fourth-order valence-electron chi connectivity index (χ4n) is 1.36. The van der Waals surface area contributed by atoms with E-state index in [-0.39, 0.29) is 5.78 Å². The Bertz CT molecular complexity index is 486. The maximum atomic E-state index is 12.0. The van der Waals surface area contributed by atoms with Gasteiger partial charge in [0.05, 0.1) is 6.26 Å². The Morgan fingerprint density at radius 2 is 2.07 bits per heavy atom. The van der Waals surface area contributed by atoms with E-state index < -0.39 is 0 Å². The van der Waals surface area contributed by atoms with Gasteiger partial charge in [-0.1, -0.05) is 12.1 Å². The highest BCUT2D eigenvalue weighted by Gasteiger charge is 2.15. The maximum absolute atomic E-state index is 12.0. The Balaban J connectivity index is 2.47. The molecular formula is C12H9IO2. The van der Waals surface area contributed by atoms with Crippen LogP contribution in [0.1, 0.15) is 21.7 Å². The molecule has 1 heterocycles. The second kappa shape index (κ2) is 4.18. The number of aryl methyl sites for hydroxylation is 1. The average Bonchev–Trinajstić information content (AvgIpc) is 2.74. The van der Waals surface area contributed by atoms with Crippen LogP contribution >= 0.6 is 22.6 Å². The molecular weight excluding hydrogens is 303 g/mol. The molecule has 1 aromatic heterocycles. The van der Waals surface area contributed by atoms with Crippen molar-refractivity contribution < 1.29 is 9.21 Å². The summed E-state index contributed by atoms with van der Waals surface area (Å²) >= 11 is 2.18. The molecule has 3 heteroatoms. The molecule has 2 nitrogen and oxygen atoms in total. The van der Waals surface area contributed by atoms with Crippen LogP contribution in [0.4, 0.5) is 0 Å². The van der Waals surface area contributed by atoms with Crippen LogP contribution in [0.15, 0.2) is 41.0 Å². The number of ketones is 1. The fourth-order valence-corrected chi connectivity index (χ4v) is 1.97. The summed E-state index contributed by atoms with van der Waals surface area (Å²) in [5.41, 5.74) is 1.80. The van der Waals surface area contributed by atoms with Crippen molar-refractivity contribution in [3.05, 3.63) is 57.1 Å². The Hall–Kier alpha value is -1.10. The lowest BCUT2D eigenvalue weighted by Crippen LogP contribution is -2.03. The van der Waals surface area contributed by atoms with Gasteiger partial charge in [-0.15, -0.1) is 0 Å². The number of benzene rings is 1. The monoisotopic (exact) mass is 312 g/mol. The Labute approximate surface area is 101 Å². The molecule has 0 aliphatic carbocycles. The predicted octanol–water partition coefficient (Wildman–Crippen LogP) is 3.42. The molecule has 2 aromatic rings. The molecule has 0 saturated heterocycles. The number of carbonyl (C=O) groups excluding carboxylic acids is 1. The van der Waals surface area contributed by atoms with Crippen LogP contribution in [-0.4, -0.2) is 5.78 Å². The molecule has 0 spiro atoms. The Morgan fingerprint density at radius 1 is 1.27 bits per heavy atom. The van der Waals surface area contributed by atoms with Gasteiger partial charge >= 0.3 is 0 Å². The van der Waals surface area contributed by atoms with E-state index in [0.29, 0.717) is 11.3 Å². The fraction of sp³-hybridized carbons (Fsp3) is 0.0833. The van der Waals surface area contributed by atoms with E-state index in [0.717, 1.165) is 9.13 Å². The summed E-state index contributed by atoms with van der Waals surface area (Å²) in [6.45, 7) is 1.99. The highest BCUT2D eigenvalue weighted by Crippen LogP contribution is 2.20. The van der Waals surface area contributed by atoms with Gasteiger partial charge in [-0.2, -0.15) is 0 Å². The number of halogens is 1. The molecule has 0 N–H and O–H groups in total. The molecule has 0 atom stereocenters. The third kappa shape index (κ3) is 1.97. The van der Waals surface area contributed by atoms with Gasteiger partial charge in [-0.05, 0) is 53.3 Å². The van der Waals surface area contributed by atoms with E-state index >= 15 is 0 Å². The van der Waals surface area contributed by atoms with Crippen molar-refractivity contribution in [3.63, 3.8) is 0 Å². The first-order valence-corrected chi connectivity index (χ1v) is 5.61. The van der Waals surface area contributed by atoms with Crippen LogP contribution < -0.4 is 0 Å². The molecule has 0 fully saturated rings. The van der Waals surface area contributed by atoms with Crippen LogP contribution in [0.25, 0.3) is 0 Å². The van der Waals surface area contributed by atoms with E-state index in [1.165, 1.54) is 6.26 Å². The third-order valence-electron chi connectivity index (χ3n) is 2.18. The summed E-state index contributed by atoms with van der Waals surface area (Å²) in [6, 6.07) is 9.09. The third-order valence-corrected chi connectivity index (χ3v) is 3.61. The largest absolute Gasteiger partial charge is 0.461 e. The highest BCUT2D eigenvalue weighted by molar-refractivity contribution is 14.1. The molecule has 2 rings (SSSR count). The minimum Gasteiger partial charge on any atom is -0.461 e. The number of rotatable bonds is 2. The van der Waals surface area contributed by atoms with Crippen molar-refractivity contribution in [2.24, 2.45) is 0 Å². The lowest BCUT2D eigenvalue weighted by atomic mass is 10.1. The van der Waals surface area contributed by atoms with E-state index in [4.69, 9.17) is 4.42 Å². The summed E-state index contributed by atoms with van der Waals surface area (Å²) in [7, 11) is 0. The predicted molar refractivity (Wildman–Crippen MR) is 66.0 cm³/mol. The first kappa shape index (κ1) is 10.4. The summed E-state index contributed by atoms with van der Waals surface area (Å²) < 4.78 is 6.07. The first-order chi connectivity index (χ1) is 7.20. The molecule has 0 bridgehead atoms. The summed E-state index contributed by atoms with van der Waals surface area (Å²) in [5, 5.41) is 0. The zero-order valence-corrected chi connectivity index (χ0v) is 10.3. The zero-order chi connectivity index (χ0) is 10.8. The van der Waals surface area contributed by atoms with Gasteiger partial charge in [0.25, 0.3) is 0 Å². The van der Waals surface area contributed by atoms with E-state index in [9.17, 15) is 4.79 Å². The summed E-state index contributed by atoms with van der Waals surface area (Å²) in [6.07, 6.45) is 1.51. The van der Waals surface area contributed by atoms with Gasteiger partial charge in [-0.25, -0.2) is 0 Å². The van der Waals surface area contributed by atoms with Crippen LogP contribution in [0.2, 0.25) is 0 Å². The van der Waals surface area contributed by atoms with Gasteiger partial charge in [0.2, 0.25) is 5.78 Å². The topological polar surface area (TPSA) is 30.2 Å². The van der Waals surface area contributed by atoms with Crippen molar-refractivity contribution in [1.29, 1.82) is 0 Å². The second-order valence-electron chi connectivity index (χ2n) is 3.24. The van der Waals surface area contributed by atoms with Gasteiger partial charge in [0.1, 0.15) is 0 Å². The van der Waals surface area contributed by atoms with Crippen LogP contribution in [0, 0.1) is 10.5 Å². The molecule has 0 saturated carbocycles. The SMILES string of the molecule is Cc1cccc(C(=O)c2ccco2)c1I. The highest BCUT2D eigenvalue weighted by atomic mass is 127. The van der Waals surface area contributed by atoms with E-state index in [2.05, 4.69) is 22.6 Å². The van der Waals surface area contributed by atoms with Crippen molar-refractivity contribution in [1.82, 2.24) is 0 Å². The van der Waals surface area contributed by atoms with Crippen molar-refractivity contribution in [2.75, 3.05) is 0 Å². The summed E-state index contributed by atoms with van der Waals surface area (Å²) in [4.78, 5) is 12.0. The van der Waals surface area contributed by atoms with E-state index in [1.54, 1.807) is 12.1 Å². The standard InChI is InChI=1S/C12H9IO2/c1-8-4-2-5-9(11(8)13)12(14)10-6-3-7-15-10/h2-7H,1H3. The van der Waals surface area contributed by atoms with Crippen LogP contribution in [-0.2, 0) is 0 Å². The smallest absolute Gasteiger partial charge is 0.229 e.